The van der Waals surface area contributed by atoms with Crippen molar-refractivity contribution in [1.29, 1.82) is 0 Å². The van der Waals surface area contributed by atoms with Crippen molar-refractivity contribution in [2.75, 3.05) is 44.2 Å². The summed E-state index contributed by atoms with van der Waals surface area (Å²) in [5.74, 6) is 2.07. The number of aromatic nitrogens is 1. The van der Waals surface area contributed by atoms with Crippen LogP contribution in [-0.4, -0.2) is 55.1 Å². The first kappa shape index (κ1) is 17.2. The van der Waals surface area contributed by atoms with E-state index in [-0.39, 0.29) is 11.8 Å². The lowest BCUT2D eigenvalue weighted by atomic mass is 9.97. The van der Waals surface area contributed by atoms with Crippen molar-refractivity contribution in [3.8, 4) is 0 Å². The van der Waals surface area contributed by atoms with Gasteiger partial charge in [-0.15, -0.1) is 0 Å². The quantitative estimate of drug-likeness (QED) is 0.899. The van der Waals surface area contributed by atoms with Crippen LogP contribution in [0.25, 0.3) is 0 Å². The van der Waals surface area contributed by atoms with Crippen LogP contribution in [0.3, 0.4) is 0 Å². The molecule has 2 aliphatic heterocycles. The smallest absolute Gasteiger partial charge is 0.224 e. The normalized spacial score (nSPS) is 25.5. The Kier molecular flexibility index (Phi) is 6.07. The average Bonchev–Trinajstić information content (AvgIpc) is 2.62. The van der Waals surface area contributed by atoms with E-state index in [4.69, 9.17) is 0 Å². The zero-order valence-electron chi connectivity index (χ0n) is 14.8. The summed E-state index contributed by atoms with van der Waals surface area (Å²) in [4.78, 5) is 21.6. The predicted octanol–water partition coefficient (Wildman–Crippen LogP) is 2.15. The number of amides is 1. The van der Waals surface area contributed by atoms with Crippen molar-refractivity contribution in [3.63, 3.8) is 0 Å². The van der Waals surface area contributed by atoms with E-state index >= 15 is 0 Å². The summed E-state index contributed by atoms with van der Waals surface area (Å²) in [6, 6.07) is 5.96. The van der Waals surface area contributed by atoms with Crippen LogP contribution in [0.4, 0.5) is 5.82 Å². The van der Waals surface area contributed by atoms with Crippen LogP contribution in [0.2, 0.25) is 0 Å². The molecule has 1 aromatic heterocycles. The van der Waals surface area contributed by atoms with Crippen LogP contribution in [0.1, 0.15) is 32.6 Å². The largest absolute Gasteiger partial charge is 0.356 e. The number of hydrogen-bond acceptors (Lipinski definition) is 4. The third kappa shape index (κ3) is 4.69. The van der Waals surface area contributed by atoms with E-state index in [1.807, 2.05) is 24.4 Å². The molecule has 1 N–H and O–H groups in total. The number of carbonyl (C=O) groups excluding carboxylic acids is 1. The van der Waals surface area contributed by atoms with Crippen molar-refractivity contribution in [3.05, 3.63) is 24.4 Å². The summed E-state index contributed by atoms with van der Waals surface area (Å²) < 4.78 is 0. The molecule has 5 heteroatoms. The highest BCUT2D eigenvalue weighted by Crippen LogP contribution is 2.21. The Morgan fingerprint density at radius 1 is 1.25 bits per heavy atom. The van der Waals surface area contributed by atoms with Gasteiger partial charge in [-0.3, -0.25) is 4.79 Å². The van der Waals surface area contributed by atoms with E-state index in [1.54, 1.807) is 0 Å². The molecule has 24 heavy (non-hydrogen) atoms. The summed E-state index contributed by atoms with van der Waals surface area (Å²) in [6.07, 6.45) is 6.48. The van der Waals surface area contributed by atoms with Gasteiger partial charge in [-0.1, -0.05) is 13.0 Å². The molecule has 3 rings (SSSR count). The van der Waals surface area contributed by atoms with Gasteiger partial charge in [0.25, 0.3) is 0 Å². The molecule has 2 atom stereocenters. The van der Waals surface area contributed by atoms with Crippen molar-refractivity contribution in [1.82, 2.24) is 15.2 Å². The minimum Gasteiger partial charge on any atom is -0.356 e. The fourth-order valence-corrected chi connectivity index (χ4v) is 3.91. The second-order valence-electron chi connectivity index (χ2n) is 7.31. The van der Waals surface area contributed by atoms with Crippen LogP contribution in [0.15, 0.2) is 24.4 Å². The first-order valence-electron chi connectivity index (χ1n) is 9.38. The fourth-order valence-electron chi connectivity index (χ4n) is 3.91. The molecule has 0 unspecified atom stereocenters. The number of anilines is 1. The molecule has 0 saturated carbocycles. The Hall–Kier alpha value is -1.62. The summed E-state index contributed by atoms with van der Waals surface area (Å²) >= 11 is 0. The van der Waals surface area contributed by atoms with E-state index in [9.17, 15) is 4.79 Å². The lowest BCUT2D eigenvalue weighted by Gasteiger charge is -2.33. The second-order valence-corrected chi connectivity index (χ2v) is 7.31. The maximum Gasteiger partial charge on any atom is 0.224 e. The Bertz CT molecular complexity index is 521. The maximum absolute atomic E-state index is 12.5. The lowest BCUT2D eigenvalue weighted by molar-refractivity contribution is -0.125. The molecular weight excluding hydrogens is 300 g/mol. The third-order valence-electron chi connectivity index (χ3n) is 5.23. The second kappa shape index (κ2) is 8.47. The highest BCUT2D eigenvalue weighted by atomic mass is 16.1. The van der Waals surface area contributed by atoms with E-state index in [0.29, 0.717) is 0 Å². The number of carbonyl (C=O) groups is 1. The van der Waals surface area contributed by atoms with Crippen LogP contribution in [-0.2, 0) is 4.79 Å². The SMILES string of the molecule is C[C@H]1CCCN(CCNC(=O)[C@@H]2CCCN(c3ccccn3)C2)C1. The highest BCUT2D eigenvalue weighted by molar-refractivity contribution is 5.79. The predicted molar refractivity (Wildman–Crippen MR) is 97.0 cm³/mol. The van der Waals surface area contributed by atoms with Gasteiger partial charge < -0.3 is 15.1 Å². The molecule has 0 aliphatic carbocycles. The summed E-state index contributed by atoms with van der Waals surface area (Å²) in [5, 5.41) is 3.16. The van der Waals surface area contributed by atoms with Gasteiger partial charge in [-0.05, 0) is 50.3 Å². The van der Waals surface area contributed by atoms with E-state index in [0.717, 1.165) is 50.8 Å². The fraction of sp³-hybridized carbons (Fsp3) is 0.684. The van der Waals surface area contributed by atoms with Crippen LogP contribution in [0.5, 0.6) is 0 Å². The number of nitrogens with one attached hydrogen (secondary N) is 1. The molecule has 132 valence electrons. The van der Waals surface area contributed by atoms with E-state index in [1.165, 1.54) is 25.9 Å². The molecule has 2 fully saturated rings. The van der Waals surface area contributed by atoms with Gasteiger partial charge >= 0.3 is 0 Å². The molecule has 0 radical (unpaired) electrons. The van der Waals surface area contributed by atoms with Crippen LogP contribution >= 0.6 is 0 Å². The molecule has 1 amide bonds. The molecule has 0 spiro atoms. The molecule has 2 aliphatic rings. The van der Waals surface area contributed by atoms with Crippen molar-refractivity contribution in [2.24, 2.45) is 11.8 Å². The minimum atomic E-state index is 0.0843. The third-order valence-corrected chi connectivity index (χ3v) is 5.23. The van der Waals surface area contributed by atoms with Crippen molar-refractivity contribution >= 4 is 11.7 Å². The van der Waals surface area contributed by atoms with Crippen LogP contribution in [0, 0.1) is 11.8 Å². The first-order chi connectivity index (χ1) is 11.7. The standard InChI is InChI=1S/C19H30N4O/c1-16-6-4-11-22(14-16)13-10-21-19(24)17-7-5-12-23(15-17)18-8-2-3-9-20-18/h2-3,8-9,16-17H,4-7,10-15H2,1H3,(H,21,24)/t16-,17+/m0/s1. The molecule has 2 saturated heterocycles. The highest BCUT2D eigenvalue weighted by Gasteiger charge is 2.26. The van der Waals surface area contributed by atoms with Gasteiger partial charge in [-0.25, -0.2) is 4.98 Å². The number of pyridine rings is 1. The van der Waals surface area contributed by atoms with Gasteiger partial charge in [-0.2, -0.15) is 0 Å². The Balaban J connectivity index is 1.43. The van der Waals surface area contributed by atoms with Gasteiger partial charge in [0, 0.05) is 38.9 Å². The van der Waals surface area contributed by atoms with E-state index < -0.39 is 0 Å². The Labute approximate surface area is 145 Å². The molecule has 1 aromatic rings. The number of piperidine rings is 2. The van der Waals surface area contributed by atoms with Crippen LogP contribution < -0.4 is 10.2 Å². The molecular formula is C19H30N4O. The van der Waals surface area contributed by atoms with Gasteiger partial charge in [0.1, 0.15) is 5.82 Å². The Morgan fingerprint density at radius 2 is 2.12 bits per heavy atom. The topological polar surface area (TPSA) is 48.5 Å². The average molecular weight is 330 g/mol. The maximum atomic E-state index is 12.5. The number of rotatable bonds is 5. The summed E-state index contributed by atoms with van der Waals surface area (Å²) in [6.45, 7) is 8.19. The molecule has 0 aromatic carbocycles. The van der Waals surface area contributed by atoms with Gasteiger partial charge in [0.2, 0.25) is 5.91 Å². The first-order valence-corrected chi connectivity index (χ1v) is 9.38. The monoisotopic (exact) mass is 330 g/mol. The molecule has 0 bridgehead atoms. The minimum absolute atomic E-state index is 0.0843. The van der Waals surface area contributed by atoms with Crippen molar-refractivity contribution < 1.29 is 4.79 Å². The summed E-state index contributed by atoms with van der Waals surface area (Å²) in [5.41, 5.74) is 0. The van der Waals surface area contributed by atoms with Crippen molar-refractivity contribution in [2.45, 2.75) is 32.6 Å². The Morgan fingerprint density at radius 3 is 2.92 bits per heavy atom. The number of nitrogens with zero attached hydrogens (tertiary/aromatic N) is 3. The van der Waals surface area contributed by atoms with Gasteiger partial charge in [0.05, 0.1) is 5.92 Å². The zero-order valence-corrected chi connectivity index (χ0v) is 14.8. The molecule has 3 heterocycles. The zero-order chi connectivity index (χ0) is 16.8. The van der Waals surface area contributed by atoms with E-state index in [2.05, 4.69) is 27.0 Å². The number of hydrogen-bond donors (Lipinski definition) is 1. The number of likely N-dealkylation sites (tertiary alicyclic amines) is 1. The summed E-state index contributed by atoms with van der Waals surface area (Å²) in [7, 11) is 0. The van der Waals surface area contributed by atoms with Gasteiger partial charge in [0.15, 0.2) is 0 Å². The lowest BCUT2D eigenvalue weighted by Crippen LogP contribution is -2.45. The molecule has 5 nitrogen and oxygen atoms in total.